The van der Waals surface area contributed by atoms with Crippen LogP contribution in [0.1, 0.15) is 56.3 Å². The second kappa shape index (κ2) is 10.3. The van der Waals surface area contributed by atoms with Crippen molar-refractivity contribution in [3.05, 3.63) is 29.7 Å². The predicted octanol–water partition coefficient (Wildman–Crippen LogP) is 4.19. The minimum atomic E-state index is -5.08. The minimum absolute atomic E-state index is 0.0842. The number of carboxylic acids is 1. The fourth-order valence-corrected chi connectivity index (χ4v) is 4.58. The molecule has 2 aromatic heterocycles. The first-order chi connectivity index (χ1) is 17.3. The first-order valence-electron chi connectivity index (χ1n) is 11.5. The molecule has 4 N–H and O–H groups in total. The summed E-state index contributed by atoms with van der Waals surface area (Å²) in [6, 6.07) is -0.704. The van der Waals surface area contributed by atoms with Crippen LogP contribution in [-0.2, 0) is 16.0 Å². The quantitative estimate of drug-likeness (QED) is 0.483. The summed E-state index contributed by atoms with van der Waals surface area (Å²) >= 11 is 0. The van der Waals surface area contributed by atoms with Crippen LogP contribution in [0.4, 0.5) is 35.1 Å². The molecule has 2 aromatic rings. The van der Waals surface area contributed by atoms with E-state index in [4.69, 9.17) is 15.6 Å². The summed E-state index contributed by atoms with van der Waals surface area (Å²) < 4.78 is 99.1. The molecule has 8 nitrogen and oxygen atoms in total. The molecule has 0 aromatic carbocycles. The van der Waals surface area contributed by atoms with Crippen LogP contribution in [0, 0.1) is 11.3 Å². The first kappa shape index (κ1) is 29.5. The number of nitrogens with two attached hydrogens (primary N) is 1. The van der Waals surface area contributed by atoms with Crippen LogP contribution in [0.5, 0.6) is 0 Å². The van der Waals surface area contributed by atoms with Gasteiger partial charge in [-0.15, -0.1) is 0 Å². The molecule has 38 heavy (non-hydrogen) atoms. The molecule has 0 spiro atoms. The molecular formula is C22H25F8N5O3. The van der Waals surface area contributed by atoms with Gasteiger partial charge in [0, 0.05) is 12.8 Å². The van der Waals surface area contributed by atoms with Gasteiger partial charge in [-0.1, -0.05) is 6.92 Å². The van der Waals surface area contributed by atoms with E-state index in [2.05, 4.69) is 10.1 Å². The van der Waals surface area contributed by atoms with Gasteiger partial charge in [-0.25, -0.2) is 23.1 Å². The molecule has 0 radical (unpaired) electrons. The van der Waals surface area contributed by atoms with Gasteiger partial charge in [0.2, 0.25) is 11.8 Å². The van der Waals surface area contributed by atoms with Crippen LogP contribution in [0.2, 0.25) is 0 Å². The van der Waals surface area contributed by atoms with E-state index in [9.17, 15) is 39.9 Å². The molecular weight excluding hydrogens is 534 g/mol. The Morgan fingerprint density at radius 1 is 1.24 bits per heavy atom. The maximum Gasteiger partial charge on any atom is 0.490 e. The predicted molar refractivity (Wildman–Crippen MR) is 115 cm³/mol. The molecule has 1 aliphatic carbocycles. The zero-order chi connectivity index (χ0) is 28.7. The van der Waals surface area contributed by atoms with Crippen LogP contribution in [0.15, 0.2) is 18.5 Å². The number of nitrogens with zero attached hydrogens (tertiary/aromatic N) is 3. The largest absolute Gasteiger partial charge is 0.490 e. The van der Waals surface area contributed by atoms with Crippen molar-refractivity contribution in [1.82, 2.24) is 19.9 Å². The molecule has 3 heterocycles. The smallest absolute Gasteiger partial charge is 0.475 e. The number of aliphatic carboxylic acids is 1. The molecule has 1 saturated heterocycles. The number of carbonyl (C=O) groups excluding carboxylic acids is 1. The number of carboxylic acid groups (broad SMARTS) is 1. The summed E-state index contributed by atoms with van der Waals surface area (Å²) in [5.74, 6) is -6.15. The lowest BCUT2D eigenvalue weighted by atomic mass is 9.81. The van der Waals surface area contributed by atoms with Gasteiger partial charge in [0.15, 0.2) is 5.65 Å². The molecule has 3 atom stereocenters. The Bertz CT molecular complexity index is 1170. The highest BCUT2D eigenvalue weighted by Gasteiger charge is 2.53. The highest BCUT2D eigenvalue weighted by molar-refractivity contribution is 5.85. The van der Waals surface area contributed by atoms with Crippen LogP contribution < -0.4 is 11.1 Å². The van der Waals surface area contributed by atoms with Crippen molar-refractivity contribution in [3.63, 3.8) is 0 Å². The molecule has 1 saturated carbocycles. The van der Waals surface area contributed by atoms with Gasteiger partial charge in [-0.05, 0) is 43.2 Å². The van der Waals surface area contributed by atoms with Crippen LogP contribution in [-0.4, -0.2) is 55.9 Å². The van der Waals surface area contributed by atoms with E-state index in [1.54, 1.807) is 12.3 Å². The number of fused-ring (bicyclic) bond motifs is 1. The summed E-state index contributed by atoms with van der Waals surface area (Å²) in [4.78, 5) is 25.6. The van der Waals surface area contributed by atoms with E-state index >= 15 is 0 Å². The summed E-state index contributed by atoms with van der Waals surface area (Å²) in [5.41, 5.74) is 6.62. The van der Waals surface area contributed by atoms with Crippen LogP contribution in [0.3, 0.4) is 0 Å². The molecule has 1 aliphatic heterocycles. The summed E-state index contributed by atoms with van der Waals surface area (Å²) in [6.45, 7) is 1.50. The highest BCUT2D eigenvalue weighted by atomic mass is 19.4. The average molecular weight is 559 g/mol. The Labute approximate surface area is 210 Å². The van der Waals surface area contributed by atoms with Gasteiger partial charge < -0.3 is 16.2 Å². The van der Waals surface area contributed by atoms with Crippen molar-refractivity contribution in [1.29, 1.82) is 0 Å². The fourth-order valence-electron chi connectivity index (χ4n) is 4.58. The molecule has 2 aliphatic rings. The van der Waals surface area contributed by atoms with Crippen molar-refractivity contribution in [2.45, 2.75) is 75.8 Å². The Balaban J connectivity index is 0.000000505. The second-order valence-corrected chi connectivity index (χ2v) is 9.86. The summed E-state index contributed by atoms with van der Waals surface area (Å²) in [6.07, 6.45) is -6.47. The van der Waals surface area contributed by atoms with E-state index in [0.717, 1.165) is 0 Å². The fraction of sp³-hybridized carbons (Fsp3) is 0.636. The summed E-state index contributed by atoms with van der Waals surface area (Å²) in [7, 11) is 0. The average Bonchev–Trinajstić information content (AvgIpc) is 3.33. The third kappa shape index (κ3) is 6.88. The van der Waals surface area contributed by atoms with Gasteiger partial charge in [0.1, 0.15) is 6.04 Å². The lowest BCUT2D eigenvalue weighted by Gasteiger charge is -2.31. The maximum atomic E-state index is 13.4. The number of halogens is 8. The monoisotopic (exact) mass is 559 g/mol. The molecule has 0 bridgehead atoms. The number of alkyl halides is 8. The Kier molecular flexibility index (Phi) is 7.97. The number of nitrogens with one attached hydrogen (secondary N) is 1. The van der Waals surface area contributed by atoms with E-state index in [1.165, 1.54) is 17.6 Å². The molecule has 4 rings (SSSR count). The maximum absolute atomic E-state index is 13.4. The number of aromatic nitrogens is 3. The number of amides is 1. The van der Waals surface area contributed by atoms with E-state index < -0.39 is 47.7 Å². The van der Waals surface area contributed by atoms with Gasteiger partial charge >= 0.3 is 18.3 Å². The number of imidazole rings is 1. The van der Waals surface area contributed by atoms with E-state index in [1.807, 2.05) is 5.32 Å². The zero-order valence-electron chi connectivity index (χ0n) is 19.9. The molecule has 16 heteroatoms. The number of rotatable bonds is 4. The SMILES string of the molecule is CC1(Cc2cnn3cc([C@@H](N)C4CCC(F)(F)CC4)nc3c2)C[C@@H](C(F)(F)F)NC1=O.O=C(O)C(F)(F)F. The molecule has 212 valence electrons. The second-order valence-electron chi connectivity index (χ2n) is 9.86. The van der Waals surface area contributed by atoms with Gasteiger partial charge in [0.05, 0.1) is 29.5 Å². The number of carbonyl (C=O) groups is 2. The van der Waals surface area contributed by atoms with Gasteiger partial charge in [-0.2, -0.15) is 31.4 Å². The molecule has 1 amide bonds. The zero-order valence-corrected chi connectivity index (χ0v) is 19.9. The lowest BCUT2D eigenvalue weighted by Crippen LogP contribution is -2.39. The Hall–Kier alpha value is -3.04. The molecule has 2 fully saturated rings. The lowest BCUT2D eigenvalue weighted by molar-refractivity contribution is -0.192. The van der Waals surface area contributed by atoms with Crippen molar-refractivity contribution in [3.8, 4) is 0 Å². The number of hydrogen-bond acceptors (Lipinski definition) is 5. The highest BCUT2D eigenvalue weighted by Crippen LogP contribution is 2.41. The standard InChI is InChI=1S/C20H24F5N5O.C2HF3O2/c1-18(8-14(20(23,24)25)29-17(18)31)7-11-6-15-28-13(10-30(15)27-9-11)16(26)12-2-4-19(21,22)5-3-12;3-2(4,5)1(6)7/h6,9-10,12,14,16H,2-5,7-8,26H2,1H3,(H,29,31);(H,6,7)/t14-,16-,18?;/m0./s1. The topological polar surface area (TPSA) is 123 Å². The van der Waals surface area contributed by atoms with Crippen molar-refractivity contribution >= 4 is 17.5 Å². The van der Waals surface area contributed by atoms with Crippen LogP contribution >= 0.6 is 0 Å². The van der Waals surface area contributed by atoms with Crippen LogP contribution in [0.25, 0.3) is 5.65 Å². The molecule has 1 unspecified atom stereocenters. The van der Waals surface area contributed by atoms with Gasteiger partial charge in [-0.3, -0.25) is 4.79 Å². The Morgan fingerprint density at radius 2 is 1.82 bits per heavy atom. The van der Waals surface area contributed by atoms with E-state index in [0.29, 0.717) is 29.7 Å². The first-order valence-corrected chi connectivity index (χ1v) is 11.5. The minimum Gasteiger partial charge on any atom is -0.475 e. The number of hydrogen-bond donors (Lipinski definition) is 3. The normalized spacial score (nSPS) is 25.0. The van der Waals surface area contributed by atoms with Crippen molar-refractivity contribution < 1.29 is 49.8 Å². The van der Waals surface area contributed by atoms with Crippen molar-refractivity contribution in [2.75, 3.05) is 0 Å². The third-order valence-corrected chi connectivity index (χ3v) is 6.75. The van der Waals surface area contributed by atoms with Gasteiger partial charge in [0.25, 0.3) is 0 Å². The van der Waals surface area contributed by atoms with Crippen molar-refractivity contribution in [2.24, 2.45) is 17.1 Å². The van der Waals surface area contributed by atoms with E-state index in [-0.39, 0.29) is 31.6 Å². The summed E-state index contributed by atoms with van der Waals surface area (Å²) in [5, 5.41) is 13.4. The Morgan fingerprint density at radius 3 is 2.32 bits per heavy atom. The third-order valence-electron chi connectivity index (χ3n) is 6.75.